The molecule has 1 saturated carbocycles. The van der Waals surface area contributed by atoms with E-state index in [0.29, 0.717) is 31.4 Å². The van der Waals surface area contributed by atoms with Gasteiger partial charge < -0.3 is 19.8 Å². The summed E-state index contributed by atoms with van der Waals surface area (Å²) in [4.78, 5) is 18.1. The number of hydrogen-bond acceptors (Lipinski definition) is 5. The molecule has 2 unspecified atom stereocenters. The van der Waals surface area contributed by atoms with Gasteiger partial charge in [-0.15, -0.1) is 0 Å². The van der Waals surface area contributed by atoms with E-state index in [0.717, 1.165) is 49.0 Å². The molecular weight excluding hydrogens is 524 g/mol. The number of aromatic hydroxyl groups is 1. The Hall–Kier alpha value is -3.35. The van der Waals surface area contributed by atoms with Crippen LogP contribution in [0.1, 0.15) is 60.4 Å². The fourth-order valence-electron chi connectivity index (χ4n) is 9.28. The molecule has 1 spiro atoms. The van der Waals surface area contributed by atoms with Crippen molar-refractivity contribution >= 4 is 5.91 Å². The SMILES string of the molecule is Cc1cccc(CCC(=O)N(C)C2CC[C@@]3(O)[C@H]4Cc5ccc(O)c6c5[C@@]3(CCN4CCc3ccccc3)C2(C)O6)c1. The molecule has 220 valence electrons. The lowest BCUT2D eigenvalue weighted by Gasteiger charge is -2.68. The Bertz CT molecular complexity index is 1520. The first-order chi connectivity index (χ1) is 20.2. The van der Waals surface area contributed by atoms with E-state index in [1.54, 1.807) is 6.07 Å². The first-order valence-electron chi connectivity index (χ1n) is 15.5. The smallest absolute Gasteiger partial charge is 0.223 e. The third kappa shape index (κ3) is 3.80. The van der Waals surface area contributed by atoms with Crippen molar-refractivity contribution in [1.29, 1.82) is 0 Å². The molecule has 4 aliphatic rings. The molecule has 3 aromatic carbocycles. The average Bonchev–Trinajstić information content (AvgIpc) is 3.26. The number of piperidine rings is 1. The molecule has 42 heavy (non-hydrogen) atoms. The molecule has 6 nitrogen and oxygen atoms in total. The van der Waals surface area contributed by atoms with Gasteiger partial charge in [0.1, 0.15) is 5.60 Å². The molecule has 7 rings (SSSR count). The Balaban J connectivity index is 1.22. The van der Waals surface area contributed by atoms with Gasteiger partial charge in [-0.25, -0.2) is 0 Å². The Kier molecular flexibility index (Phi) is 6.45. The molecule has 2 aliphatic heterocycles. The second-order valence-electron chi connectivity index (χ2n) is 13.3. The maximum absolute atomic E-state index is 13.7. The summed E-state index contributed by atoms with van der Waals surface area (Å²) in [6, 6.07) is 22.4. The van der Waals surface area contributed by atoms with Gasteiger partial charge in [0.15, 0.2) is 11.5 Å². The standard InChI is InChI=1S/C36H42N2O4/c1-24-8-7-11-26(22-24)12-15-31(40)37(3)29-16-18-36(41)30-23-27-13-14-28(39)33-32(27)35(36,34(29,2)42-33)19-21-38(30)20-17-25-9-5-4-6-10-25/h4-11,13-14,22,29-30,39,41H,12,15-21,23H2,1-3H3/t29?,30-,34?,35+,36-/m1/s1. The van der Waals surface area contributed by atoms with Crippen LogP contribution in [0.25, 0.3) is 0 Å². The number of carbonyl (C=O) groups is 1. The molecule has 2 heterocycles. The average molecular weight is 567 g/mol. The number of likely N-dealkylation sites (N-methyl/N-ethyl adjacent to an activating group) is 1. The van der Waals surface area contributed by atoms with Gasteiger partial charge in [0.05, 0.1) is 17.1 Å². The summed E-state index contributed by atoms with van der Waals surface area (Å²) in [6.45, 7) is 5.89. The van der Waals surface area contributed by atoms with Crippen LogP contribution in [0.4, 0.5) is 0 Å². The number of amides is 1. The number of aryl methyl sites for hydroxylation is 2. The van der Waals surface area contributed by atoms with E-state index >= 15 is 0 Å². The fourth-order valence-corrected chi connectivity index (χ4v) is 9.28. The second-order valence-corrected chi connectivity index (χ2v) is 13.3. The van der Waals surface area contributed by atoms with Crippen LogP contribution in [0.3, 0.4) is 0 Å². The lowest BCUT2D eigenvalue weighted by molar-refractivity contribution is -0.229. The minimum Gasteiger partial charge on any atom is -0.504 e. The van der Waals surface area contributed by atoms with Crippen LogP contribution in [-0.4, -0.2) is 69.3 Å². The highest BCUT2D eigenvalue weighted by Crippen LogP contribution is 2.69. The lowest BCUT2D eigenvalue weighted by atomic mass is 9.44. The van der Waals surface area contributed by atoms with Crippen molar-refractivity contribution in [1.82, 2.24) is 9.80 Å². The van der Waals surface area contributed by atoms with Gasteiger partial charge in [-0.3, -0.25) is 9.69 Å². The predicted molar refractivity (Wildman–Crippen MR) is 163 cm³/mol. The zero-order valence-electron chi connectivity index (χ0n) is 25.0. The maximum Gasteiger partial charge on any atom is 0.223 e. The highest BCUT2D eigenvalue weighted by Gasteiger charge is 2.78. The Morgan fingerprint density at radius 1 is 1.05 bits per heavy atom. The number of aliphatic hydroxyl groups is 1. The summed E-state index contributed by atoms with van der Waals surface area (Å²) >= 11 is 0. The minimum atomic E-state index is -1.02. The number of ether oxygens (including phenoxy) is 1. The highest BCUT2D eigenvalue weighted by molar-refractivity contribution is 5.77. The van der Waals surface area contributed by atoms with Gasteiger partial charge in [0, 0.05) is 31.6 Å². The van der Waals surface area contributed by atoms with Gasteiger partial charge in [-0.05, 0) is 81.7 Å². The predicted octanol–water partition coefficient (Wildman–Crippen LogP) is 4.95. The number of benzene rings is 3. The van der Waals surface area contributed by atoms with Crippen LogP contribution in [0.5, 0.6) is 11.5 Å². The number of nitrogens with zero attached hydrogens (tertiary/aromatic N) is 2. The zero-order valence-corrected chi connectivity index (χ0v) is 25.0. The second kappa shape index (κ2) is 9.85. The van der Waals surface area contributed by atoms with Crippen molar-refractivity contribution in [3.05, 3.63) is 94.5 Å². The molecule has 1 amide bonds. The first kappa shape index (κ1) is 27.5. The van der Waals surface area contributed by atoms with E-state index in [1.165, 1.54) is 11.1 Å². The molecule has 1 saturated heterocycles. The van der Waals surface area contributed by atoms with Gasteiger partial charge in [0.2, 0.25) is 5.91 Å². The van der Waals surface area contributed by atoms with Crippen LogP contribution >= 0.6 is 0 Å². The number of phenols is 1. The van der Waals surface area contributed by atoms with E-state index in [4.69, 9.17) is 4.74 Å². The van der Waals surface area contributed by atoms with Crippen molar-refractivity contribution in [2.24, 2.45) is 0 Å². The molecule has 2 aliphatic carbocycles. The molecule has 2 bridgehead atoms. The van der Waals surface area contributed by atoms with E-state index in [-0.39, 0.29) is 23.7 Å². The van der Waals surface area contributed by atoms with E-state index in [2.05, 4.69) is 61.2 Å². The van der Waals surface area contributed by atoms with Gasteiger partial charge in [-0.1, -0.05) is 66.2 Å². The Morgan fingerprint density at radius 3 is 2.62 bits per heavy atom. The molecule has 5 atom stereocenters. The van der Waals surface area contributed by atoms with E-state index in [9.17, 15) is 15.0 Å². The molecule has 6 heteroatoms. The third-order valence-corrected chi connectivity index (χ3v) is 11.3. The normalized spacial score (nSPS) is 30.9. The summed E-state index contributed by atoms with van der Waals surface area (Å²) in [5.74, 6) is 0.719. The van der Waals surface area contributed by atoms with Crippen LogP contribution in [0.2, 0.25) is 0 Å². The van der Waals surface area contributed by atoms with Gasteiger partial charge in [0.25, 0.3) is 0 Å². The first-order valence-corrected chi connectivity index (χ1v) is 15.5. The quantitative estimate of drug-likeness (QED) is 0.424. The molecule has 3 aromatic rings. The van der Waals surface area contributed by atoms with Crippen LogP contribution in [0, 0.1) is 6.92 Å². The summed E-state index contributed by atoms with van der Waals surface area (Å²) < 4.78 is 6.87. The summed E-state index contributed by atoms with van der Waals surface area (Å²) in [5.41, 5.74) is 3.20. The monoisotopic (exact) mass is 566 g/mol. The van der Waals surface area contributed by atoms with Crippen molar-refractivity contribution in [3.63, 3.8) is 0 Å². The number of carbonyl (C=O) groups excluding carboxylic acids is 1. The van der Waals surface area contributed by atoms with Gasteiger partial charge >= 0.3 is 0 Å². The third-order valence-electron chi connectivity index (χ3n) is 11.3. The van der Waals surface area contributed by atoms with Crippen molar-refractivity contribution in [3.8, 4) is 11.5 Å². The van der Waals surface area contributed by atoms with Crippen LogP contribution < -0.4 is 4.74 Å². The topological polar surface area (TPSA) is 73.2 Å². The highest BCUT2D eigenvalue weighted by atomic mass is 16.5. The summed E-state index contributed by atoms with van der Waals surface area (Å²) in [7, 11) is 1.90. The number of phenolic OH excluding ortho intramolecular Hbond substituents is 1. The van der Waals surface area contributed by atoms with E-state index < -0.39 is 16.6 Å². The van der Waals surface area contributed by atoms with E-state index in [1.807, 2.05) is 30.1 Å². The van der Waals surface area contributed by atoms with Crippen LogP contribution in [0.15, 0.2) is 66.7 Å². The number of rotatable bonds is 7. The molecule has 2 N–H and O–H groups in total. The Morgan fingerprint density at radius 2 is 1.83 bits per heavy atom. The van der Waals surface area contributed by atoms with Gasteiger partial charge in [-0.2, -0.15) is 0 Å². The number of hydrogen-bond donors (Lipinski definition) is 2. The lowest BCUT2D eigenvalue weighted by Crippen LogP contribution is -2.82. The molecule has 2 fully saturated rings. The number of likely N-dealkylation sites (tertiary alicyclic amines) is 1. The largest absolute Gasteiger partial charge is 0.504 e. The van der Waals surface area contributed by atoms with Crippen molar-refractivity contribution in [2.45, 2.75) is 87.5 Å². The zero-order chi connectivity index (χ0) is 29.3. The molecule has 0 aromatic heterocycles. The summed E-state index contributed by atoms with van der Waals surface area (Å²) in [5, 5.41) is 24.0. The molecule has 0 radical (unpaired) electrons. The van der Waals surface area contributed by atoms with Crippen molar-refractivity contribution in [2.75, 3.05) is 20.1 Å². The maximum atomic E-state index is 13.7. The fraction of sp³-hybridized carbons (Fsp3) is 0.472. The van der Waals surface area contributed by atoms with Crippen molar-refractivity contribution < 1.29 is 19.7 Å². The van der Waals surface area contributed by atoms with Crippen LogP contribution in [-0.2, 0) is 29.5 Å². The summed E-state index contributed by atoms with van der Waals surface area (Å²) in [6.07, 6.45) is 4.73. The molecular formula is C36H42N2O4. The minimum absolute atomic E-state index is 0.0517. The Labute approximate surface area is 248 Å².